The highest BCUT2D eigenvalue weighted by Gasteiger charge is 2.33. The Bertz CT molecular complexity index is 686. The van der Waals surface area contributed by atoms with E-state index >= 15 is 0 Å². The molecule has 7 heteroatoms. The molecule has 0 saturated heterocycles. The molecule has 1 amide bonds. The first-order valence-corrected chi connectivity index (χ1v) is 7.70. The zero-order valence-electron chi connectivity index (χ0n) is 12.2. The summed E-state index contributed by atoms with van der Waals surface area (Å²) < 4.78 is 1.99. The van der Waals surface area contributed by atoms with E-state index in [1.54, 1.807) is 6.20 Å². The van der Waals surface area contributed by atoms with Crippen LogP contribution in [-0.2, 0) is 13.6 Å². The van der Waals surface area contributed by atoms with Crippen LogP contribution in [0.4, 0.5) is 10.7 Å². The molecule has 0 radical (unpaired) electrons. The standard InChI is InChI=1S/C14H19N5OS/c1-18-6-5-17-9(18)7-19(2)14-10(8-3-4-8)11(15)12(21-14)13(16)20/h5-6,8H,3-4,7,15H2,1-2H3,(H2,16,20). The van der Waals surface area contributed by atoms with E-state index in [-0.39, 0.29) is 0 Å². The number of hydrogen-bond acceptors (Lipinski definition) is 5. The Balaban J connectivity index is 1.95. The highest BCUT2D eigenvalue weighted by atomic mass is 32.1. The van der Waals surface area contributed by atoms with Gasteiger partial charge in [0.25, 0.3) is 5.91 Å². The Labute approximate surface area is 127 Å². The zero-order valence-corrected chi connectivity index (χ0v) is 13.0. The van der Waals surface area contributed by atoms with Crippen LogP contribution in [0.25, 0.3) is 0 Å². The number of rotatable bonds is 5. The maximum Gasteiger partial charge on any atom is 0.260 e. The molecule has 112 valence electrons. The van der Waals surface area contributed by atoms with Crippen LogP contribution in [0.15, 0.2) is 12.4 Å². The number of thiophene rings is 1. The molecular formula is C14H19N5OS. The van der Waals surface area contributed by atoms with Gasteiger partial charge in [0.15, 0.2) is 0 Å². The second kappa shape index (κ2) is 5.07. The summed E-state index contributed by atoms with van der Waals surface area (Å²) in [7, 11) is 3.96. The molecule has 2 aromatic rings. The quantitative estimate of drug-likeness (QED) is 0.879. The van der Waals surface area contributed by atoms with E-state index in [4.69, 9.17) is 11.5 Å². The van der Waals surface area contributed by atoms with Gasteiger partial charge in [-0.3, -0.25) is 4.79 Å². The molecule has 3 rings (SSSR count). The van der Waals surface area contributed by atoms with E-state index < -0.39 is 5.91 Å². The van der Waals surface area contributed by atoms with Crippen LogP contribution >= 0.6 is 11.3 Å². The molecule has 1 aliphatic carbocycles. The van der Waals surface area contributed by atoms with E-state index in [0.29, 0.717) is 23.0 Å². The summed E-state index contributed by atoms with van der Waals surface area (Å²) in [6, 6.07) is 0. The molecular weight excluding hydrogens is 286 g/mol. The molecule has 0 aromatic carbocycles. The fourth-order valence-corrected chi connectivity index (χ4v) is 3.63. The maximum absolute atomic E-state index is 11.5. The number of nitrogen functional groups attached to an aromatic ring is 1. The molecule has 0 atom stereocenters. The lowest BCUT2D eigenvalue weighted by molar-refractivity contribution is 0.100. The Morgan fingerprint density at radius 1 is 1.57 bits per heavy atom. The van der Waals surface area contributed by atoms with Crippen molar-refractivity contribution in [3.05, 3.63) is 28.7 Å². The number of nitrogens with zero attached hydrogens (tertiary/aromatic N) is 3. The fourth-order valence-electron chi connectivity index (χ4n) is 2.51. The Hall–Kier alpha value is -2.02. The van der Waals surface area contributed by atoms with Crippen molar-refractivity contribution in [1.82, 2.24) is 9.55 Å². The summed E-state index contributed by atoms with van der Waals surface area (Å²) in [5.74, 6) is 0.982. The summed E-state index contributed by atoms with van der Waals surface area (Å²) in [6.07, 6.45) is 5.95. The van der Waals surface area contributed by atoms with Crippen molar-refractivity contribution in [3.63, 3.8) is 0 Å². The minimum Gasteiger partial charge on any atom is -0.397 e. The van der Waals surface area contributed by atoms with Gasteiger partial charge in [-0.25, -0.2) is 4.98 Å². The van der Waals surface area contributed by atoms with Crippen molar-refractivity contribution in [2.75, 3.05) is 17.7 Å². The molecule has 1 saturated carbocycles. The van der Waals surface area contributed by atoms with Gasteiger partial charge in [-0.1, -0.05) is 0 Å². The minimum atomic E-state index is -0.448. The number of amides is 1. The van der Waals surface area contributed by atoms with Crippen molar-refractivity contribution in [3.8, 4) is 0 Å². The molecule has 4 N–H and O–H groups in total. The average Bonchev–Trinajstić information content (AvgIpc) is 3.09. The lowest BCUT2D eigenvalue weighted by Gasteiger charge is -2.19. The molecule has 0 aliphatic heterocycles. The third-order valence-electron chi connectivity index (χ3n) is 3.82. The van der Waals surface area contributed by atoms with E-state index in [0.717, 1.165) is 29.2 Å². The first-order chi connectivity index (χ1) is 9.99. The third-order valence-corrected chi connectivity index (χ3v) is 5.17. The van der Waals surface area contributed by atoms with Gasteiger partial charge < -0.3 is 20.9 Å². The van der Waals surface area contributed by atoms with E-state index in [1.165, 1.54) is 11.3 Å². The summed E-state index contributed by atoms with van der Waals surface area (Å²) in [4.78, 5) is 18.5. The van der Waals surface area contributed by atoms with E-state index in [9.17, 15) is 4.79 Å². The average molecular weight is 305 g/mol. The smallest absolute Gasteiger partial charge is 0.260 e. The first-order valence-electron chi connectivity index (χ1n) is 6.88. The lowest BCUT2D eigenvalue weighted by atomic mass is 10.1. The number of carbonyl (C=O) groups excluding carboxylic acids is 1. The number of nitrogens with two attached hydrogens (primary N) is 2. The van der Waals surface area contributed by atoms with Gasteiger partial charge in [-0.05, 0) is 18.8 Å². The van der Waals surface area contributed by atoms with E-state index in [1.807, 2.05) is 24.9 Å². The number of primary amides is 1. The predicted octanol–water partition coefficient (Wildman–Crippen LogP) is 1.68. The molecule has 0 unspecified atom stereocenters. The molecule has 2 aromatic heterocycles. The summed E-state index contributed by atoms with van der Waals surface area (Å²) in [6.45, 7) is 0.668. The molecule has 0 bridgehead atoms. The maximum atomic E-state index is 11.5. The molecule has 6 nitrogen and oxygen atoms in total. The SMILES string of the molecule is CN(Cc1nccn1C)c1sc(C(N)=O)c(N)c1C1CC1. The van der Waals surface area contributed by atoms with Gasteiger partial charge in [-0.15, -0.1) is 11.3 Å². The largest absolute Gasteiger partial charge is 0.397 e. The highest BCUT2D eigenvalue weighted by Crippen LogP contribution is 2.51. The normalized spacial score (nSPS) is 14.4. The number of aryl methyl sites for hydroxylation is 1. The van der Waals surface area contributed by atoms with Gasteiger partial charge in [0.2, 0.25) is 0 Å². The molecule has 2 heterocycles. The Morgan fingerprint density at radius 3 is 2.81 bits per heavy atom. The summed E-state index contributed by atoms with van der Waals surface area (Å²) in [5, 5.41) is 1.03. The van der Waals surface area contributed by atoms with Crippen LogP contribution in [0.5, 0.6) is 0 Å². The number of aromatic nitrogens is 2. The van der Waals surface area contributed by atoms with Crippen LogP contribution < -0.4 is 16.4 Å². The number of imidazole rings is 1. The van der Waals surface area contributed by atoms with Gasteiger partial charge in [-0.2, -0.15) is 0 Å². The lowest BCUT2D eigenvalue weighted by Crippen LogP contribution is -2.19. The van der Waals surface area contributed by atoms with Gasteiger partial charge in [0.1, 0.15) is 10.7 Å². The van der Waals surface area contributed by atoms with Crippen molar-refractivity contribution < 1.29 is 4.79 Å². The summed E-state index contributed by atoms with van der Waals surface area (Å²) in [5.41, 5.74) is 13.2. The minimum absolute atomic E-state index is 0.448. The summed E-state index contributed by atoms with van der Waals surface area (Å²) >= 11 is 1.39. The van der Waals surface area contributed by atoms with Crippen LogP contribution in [0.3, 0.4) is 0 Å². The Kier molecular flexibility index (Phi) is 3.36. The third kappa shape index (κ3) is 2.49. The van der Waals surface area contributed by atoms with Crippen molar-refractivity contribution in [1.29, 1.82) is 0 Å². The topological polar surface area (TPSA) is 90.2 Å². The highest BCUT2D eigenvalue weighted by molar-refractivity contribution is 7.18. The van der Waals surface area contributed by atoms with E-state index in [2.05, 4.69) is 9.88 Å². The van der Waals surface area contributed by atoms with Crippen molar-refractivity contribution in [2.45, 2.75) is 25.3 Å². The van der Waals surface area contributed by atoms with Gasteiger partial charge in [0.05, 0.1) is 17.2 Å². The van der Waals surface area contributed by atoms with Crippen LogP contribution in [0.2, 0.25) is 0 Å². The second-order valence-electron chi connectivity index (χ2n) is 5.51. The molecule has 21 heavy (non-hydrogen) atoms. The monoisotopic (exact) mass is 305 g/mol. The van der Waals surface area contributed by atoms with Crippen molar-refractivity contribution >= 4 is 27.9 Å². The predicted molar refractivity (Wildman–Crippen MR) is 84.5 cm³/mol. The number of carbonyl (C=O) groups is 1. The van der Waals surface area contributed by atoms with Crippen LogP contribution in [0, 0.1) is 0 Å². The fraction of sp³-hybridized carbons (Fsp3) is 0.429. The first kappa shape index (κ1) is 13.9. The number of anilines is 2. The second-order valence-corrected chi connectivity index (χ2v) is 6.51. The van der Waals surface area contributed by atoms with Gasteiger partial charge >= 0.3 is 0 Å². The van der Waals surface area contributed by atoms with Crippen molar-refractivity contribution in [2.24, 2.45) is 12.8 Å². The zero-order chi connectivity index (χ0) is 15.1. The number of hydrogen-bond donors (Lipinski definition) is 2. The molecule has 1 aliphatic rings. The molecule has 0 spiro atoms. The van der Waals surface area contributed by atoms with Crippen LogP contribution in [-0.4, -0.2) is 22.5 Å². The Morgan fingerprint density at radius 2 is 2.29 bits per heavy atom. The molecule has 1 fully saturated rings. The van der Waals surface area contributed by atoms with Gasteiger partial charge in [0, 0.05) is 32.1 Å². The van der Waals surface area contributed by atoms with Crippen LogP contribution in [0.1, 0.15) is 39.8 Å².